The van der Waals surface area contributed by atoms with Gasteiger partial charge in [0.05, 0.1) is 0 Å². The number of halogens is 2. The Kier molecular flexibility index (Phi) is 3.50. The van der Waals surface area contributed by atoms with Gasteiger partial charge in [-0.25, -0.2) is 8.78 Å². The van der Waals surface area contributed by atoms with Gasteiger partial charge in [-0.3, -0.25) is 0 Å². The molecule has 0 aromatic heterocycles. The average Bonchev–Trinajstić information content (AvgIpc) is 1.68. The van der Waals surface area contributed by atoms with Crippen LogP contribution in [0.3, 0.4) is 0 Å². The van der Waals surface area contributed by atoms with E-state index < -0.39 is 12.5 Å². The number of rotatable bonds is 2. The Morgan fingerprint density at radius 1 is 1.71 bits per heavy atom. The van der Waals surface area contributed by atoms with Crippen molar-refractivity contribution in [3.8, 4) is 0 Å². The van der Waals surface area contributed by atoms with Crippen molar-refractivity contribution in [3.05, 3.63) is 11.9 Å². The molecule has 0 saturated heterocycles. The van der Waals surface area contributed by atoms with E-state index in [1.165, 1.54) is 0 Å². The van der Waals surface area contributed by atoms with Crippen LogP contribution >= 0.6 is 0 Å². The highest BCUT2D eigenvalue weighted by Gasteiger charge is 1.84. The standard InChI is InChI=1S/C4H7F2N/c5-2-1-4(6)3-7/h1H,2-3,7H2/b4-1+. The normalized spacial score (nSPS) is 12.1. The minimum absolute atomic E-state index is 0.204. The van der Waals surface area contributed by atoms with Crippen LogP contribution in [0.2, 0.25) is 0 Å². The molecule has 0 aliphatic heterocycles. The summed E-state index contributed by atoms with van der Waals surface area (Å²) in [6.45, 7) is -0.979. The molecule has 0 amide bonds. The fraction of sp³-hybridized carbons (Fsp3) is 0.500. The van der Waals surface area contributed by atoms with Gasteiger partial charge in [-0.2, -0.15) is 0 Å². The van der Waals surface area contributed by atoms with Crippen LogP contribution in [0.5, 0.6) is 0 Å². The minimum Gasteiger partial charge on any atom is -0.325 e. The van der Waals surface area contributed by atoms with Gasteiger partial charge in [-0.05, 0) is 6.08 Å². The molecule has 0 aliphatic rings. The average molecular weight is 107 g/mol. The third kappa shape index (κ3) is 3.39. The number of alkyl halides is 1. The molecule has 0 bridgehead atoms. The van der Waals surface area contributed by atoms with Gasteiger partial charge in [0.1, 0.15) is 12.5 Å². The largest absolute Gasteiger partial charge is 0.325 e. The molecule has 3 heteroatoms. The Morgan fingerprint density at radius 3 is 2.43 bits per heavy atom. The molecular formula is C4H7F2N. The van der Waals surface area contributed by atoms with Crippen molar-refractivity contribution in [1.82, 2.24) is 0 Å². The van der Waals surface area contributed by atoms with Crippen molar-refractivity contribution in [1.29, 1.82) is 0 Å². The molecule has 0 rings (SSSR count). The van der Waals surface area contributed by atoms with Gasteiger partial charge in [0.2, 0.25) is 0 Å². The number of hydrogen-bond donors (Lipinski definition) is 1. The van der Waals surface area contributed by atoms with Crippen molar-refractivity contribution >= 4 is 0 Å². The maximum absolute atomic E-state index is 11.6. The van der Waals surface area contributed by atoms with Gasteiger partial charge in [-0.1, -0.05) is 0 Å². The maximum atomic E-state index is 11.6. The zero-order chi connectivity index (χ0) is 5.70. The quantitative estimate of drug-likeness (QED) is 0.554. The molecule has 0 aromatic rings. The second kappa shape index (κ2) is 3.74. The second-order valence-corrected chi connectivity index (χ2v) is 1.01. The van der Waals surface area contributed by atoms with Crippen molar-refractivity contribution in [2.24, 2.45) is 5.73 Å². The molecule has 0 atom stereocenters. The first-order valence-corrected chi connectivity index (χ1v) is 1.91. The molecular weight excluding hydrogens is 100 g/mol. The summed E-state index contributed by atoms with van der Waals surface area (Å²) in [5, 5.41) is 0. The zero-order valence-corrected chi connectivity index (χ0v) is 3.82. The lowest BCUT2D eigenvalue weighted by molar-refractivity contribution is 0.538. The SMILES string of the molecule is NC/C(F)=C\CF. The number of hydrogen-bond acceptors (Lipinski definition) is 1. The molecule has 0 aliphatic carbocycles. The summed E-state index contributed by atoms with van der Waals surface area (Å²) in [7, 11) is 0. The first kappa shape index (κ1) is 6.56. The molecule has 0 spiro atoms. The van der Waals surface area contributed by atoms with Crippen LogP contribution in [0, 0.1) is 0 Å². The second-order valence-electron chi connectivity index (χ2n) is 1.01. The molecule has 7 heavy (non-hydrogen) atoms. The molecule has 0 unspecified atom stereocenters. The maximum Gasteiger partial charge on any atom is 0.112 e. The van der Waals surface area contributed by atoms with Crippen molar-refractivity contribution < 1.29 is 8.78 Å². The van der Waals surface area contributed by atoms with E-state index in [9.17, 15) is 8.78 Å². The molecule has 42 valence electrons. The molecule has 2 N–H and O–H groups in total. The van der Waals surface area contributed by atoms with Crippen LogP contribution in [0.4, 0.5) is 8.78 Å². The zero-order valence-electron chi connectivity index (χ0n) is 3.82. The highest BCUT2D eigenvalue weighted by atomic mass is 19.1. The summed E-state index contributed by atoms with van der Waals surface area (Å²) in [6.07, 6.45) is 0.806. The van der Waals surface area contributed by atoms with E-state index >= 15 is 0 Å². The number of allylic oxidation sites excluding steroid dienone is 1. The van der Waals surface area contributed by atoms with Gasteiger partial charge < -0.3 is 5.73 Å². The van der Waals surface area contributed by atoms with E-state index in [2.05, 4.69) is 0 Å². The molecule has 0 heterocycles. The van der Waals surface area contributed by atoms with Gasteiger partial charge in [0, 0.05) is 6.54 Å². The summed E-state index contributed by atoms with van der Waals surface area (Å²) >= 11 is 0. The molecule has 0 fully saturated rings. The van der Waals surface area contributed by atoms with Gasteiger partial charge in [0.15, 0.2) is 0 Å². The lowest BCUT2D eigenvalue weighted by atomic mass is 10.5. The Bertz CT molecular complexity index is 70.1. The van der Waals surface area contributed by atoms with Crippen molar-refractivity contribution in [3.63, 3.8) is 0 Å². The molecule has 1 nitrogen and oxygen atoms in total. The summed E-state index contributed by atoms with van der Waals surface area (Å²) in [5.41, 5.74) is 4.75. The van der Waals surface area contributed by atoms with Gasteiger partial charge in [-0.15, -0.1) is 0 Å². The van der Waals surface area contributed by atoms with Crippen LogP contribution in [0.25, 0.3) is 0 Å². The Hall–Kier alpha value is -0.440. The van der Waals surface area contributed by atoms with Crippen molar-refractivity contribution in [2.45, 2.75) is 0 Å². The minimum atomic E-state index is -0.775. The van der Waals surface area contributed by atoms with Gasteiger partial charge in [0.25, 0.3) is 0 Å². The molecule has 0 aromatic carbocycles. The molecule has 0 radical (unpaired) electrons. The van der Waals surface area contributed by atoms with E-state index in [-0.39, 0.29) is 6.54 Å². The Labute approximate surface area is 40.8 Å². The van der Waals surface area contributed by atoms with E-state index in [1.807, 2.05) is 0 Å². The van der Waals surface area contributed by atoms with Crippen LogP contribution in [-0.2, 0) is 0 Å². The Morgan fingerprint density at radius 2 is 2.29 bits per heavy atom. The third-order valence-corrected chi connectivity index (χ3v) is 0.494. The topological polar surface area (TPSA) is 26.0 Å². The smallest absolute Gasteiger partial charge is 0.112 e. The van der Waals surface area contributed by atoms with Crippen LogP contribution in [-0.4, -0.2) is 13.2 Å². The number of nitrogens with two attached hydrogens (primary N) is 1. The third-order valence-electron chi connectivity index (χ3n) is 0.494. The lowest BCUT2D eigenvalue weighted by Crippen LogP contribution is -1.98. The predicted octanol–water partition coefficient (Wildman–Crippen LogP) is 0.768. The van der Waals surface area contributed by atoms with E-state index in [0.29, 0.717) is 0 Å². The summed E-state index contributed by atoms with van der Waals surface area (Å²) in [6, 6.07) is 0. The van der Waals surface area contributed by atoms with E-state index in [4.69, 9.17) is 5.73 Å². The fourth-order valence-corrected chi connectivity index (χ4v) is 0.167. The first-order chi connectivity index (χ1) is 3.31. The predicted molar refractivity (Wildman–Crippen MR) is 24.2 cm³/mol. The van der Waals surface area contributed by atoms with E-state index in [1.54, 1.807) is 0 Å². The van der Waals surface area contributed by atoms with Crippen molar-refractivity contribution in [2.75, 3.05) is 13.2 Å². The monoisotopic (exact) mass is 107 g/mol. The highest BCUT2D eigenvalue weighted by Crippen LogP contribution is 1.89. The summed E-state index contributed by atoms with van der Waals surface area (Å²) < 4.78 is 22.7. The lowest BCUT2D eigenvalue weighted by Gasteiger charge is -1.82. The van der Waals surface area contributed by atoms with Gasteiger partial charge >= 0.3 is 0 Å². The fourth-order valence-electron chi connectivity index (χ4n) is 0.167. The molecule has 0 saturated carbocycles. The van der Waals surface area contributed by atoms with E-state index in [0.717, 1.165) is 6.08 Å². The highest BCUT2D eigenvalue weighted by molar-refractivity contribution is 4.91. The summed E-state index contributed by atoms with van der Waals surface area (Å²) in [5.74, 6) is -0.595. The first-order valence-electron chi connectivity index (χ1n) is 1.91. The Balaban J connectivity index is 3.29. The summed E-state index contributed by atoms with van der Waals surface area (Å²) in [4.78, 5) is 0. The van der Waals surface area contributed by atoms with Crippen LogP contribution < -0.4 is 5.73 Å². The van der Waals surface area contributed by atoms with Crippen LogP contribution in [0.15, 0.2) is 11.9 Å². The van der Waals surface area contributed by atoms with Crippen LogP contribution in [0.1, 0.15) is 0 Å².